The van der Waals surface area contributed by atoms with Gasteiger partial charge in [0.1, 0.15) is 11.6 Å². The molecule has 1 aliphatic rings. The Morgan fingerprint density at radius 1 is 1.27 bits per heavy atom. The molecule has 1 aliphatic heterocycles. The standard InChI is InChI=1S/C19H16ClFN4O/c20-15-4-1-5-16(21)13(15)10-25-8-6-17-14(11-25)19(26)24-18(23-17)12-3-2-7-22-9-12/h1-5,7,9H,6,8,10-11H2,(H,23,24,26). The van der Waals surface area contributed by atoms with Gasteiger partial charge < -0.3 is 4.98 Å². The van der Waals surface area contributed by atoms with Crippen molar-refractivity contribution >= 4 is 11.6 Å². The molecule has 0 fully saturated rings. The molecule has 0 bridgehead atoms. The lowest BCUT2D eigenvalue weighted by Gasteiger charge is -2.28. The van der Waals surface area contributed by atoms with E-state index < -0.39 is 0 Å². The Balaban J connectivity index is 1.61. The number of aromatic amines is 1. The minimum Gasteiger partial charge on any atom is -0.306 e. The fourth-order valence-electron chi connectivity index (χ4n) is 3.16. The average Bonchev–Trinajstić information content (AvgIpc) is 2.66. The summed E-state index contributed by atoms with van der Waals surface area (Å²) in [4.78, 5) is 26.0. The molecular formula is C19H16ClFN4O. The van der Waals surface area contributed by atoms with E-state index in [0.717, 1.165) is 11.3 Å². The average molecular weight is 371 g/mol. The summed E-state index contributed by atoms with van der Waals surface area (Å²) in [5.41, 5.74) is 2.46. The van der Waals surface area contributed by atoms with Crippen LogP contribution in [0.15, 0.2) is 47.5 Å². The molecule has 1 N–H and O–H groups in total. The van der Waals surface area contributed by atoms with E-state index in [4.69, 9.17) is 11.6 Å². The number of nitrogens with one attached hydrogen (secondary N) is 1. The molecule has 7 heteroatoms. The van der Waals surface area contributed by atoms with Crippen LogP contribution >= 0.6 is 11.6 Å². The normalized spacial score (nSPS) is 14.2. The Morgan fingerprint density at radius 3 is 2.92 bits per heavy atom. The Kier molecular flexibility index (Phi) is 4.53. The molecule has 2 aromatic heterocycles. The lowest BCUT2D eigenvalue weighted by molar-refractivity contribution is 0.238. The predicted molar refractivity (Wildman–Crippen MR) is 97.3 cm³/mol. The van der Waals surface area contributed by atoms with Crippen molar-refractivity contribution in [3.8, 4) is 11.4 Å². The maximum atomic E-state index is 14.0. The minimum atomic E-state index is -0.331. The van der Waals surface area contributed by atoms with Crippen molar-refractivity contribution in [2.75, 3.05) is 6.54 Å². The number of H-pyrrole nitrogens is 1. The molecule has 0 aliphatic carbocycles. The topological polar surface area (TPSA) is 61.9 Å². The summed E-state index contributed by atoms with van der Waals surface area (Å²) in [5, 5.41) is 0.398. The number of hydrogen-bond donors (Lipinski definition) is 1. The summed E-state index contributed by atoms with van der Waals surface area (Å²) in [5.74, 6) is 0.190. The van der Waals surface area contributed by atoms with Crippen molar-refractivity contribution in [2.24, 2.45) is 0 Å². The summed E-state index contributed by atoms with van der Waals surface area (Å²) < 4.78 is 14.0. The zero-order valence-corrected chi connectivity index (χ0v) is 14.6. The minimum absolute atomic E-state index is 0.168. The number of hydrogen-bond acceptors (Lipinski definition) is 4. The number of pyridine rings is 1. The molecule has 26 heavy (non-hydrogen) atoms. The number of rotatable bonds is 3. The second-order valence-corrected chi connectivity index (χ2v) is 6.65. The quantitative estimate of drug-likeness (QED) is 0.769. The van der Waals surface area contributed by atoms with E-state index in [1.54, 1.807) is 30.6 Å². The lowest BCUT2D eigenvalue weighted by Crippen LogP contribution is -2.35. The van der Waals surface area contributed by atoms with E-state index in [1.165, 1.54) is 6.07 Å². The SMILES string of the molecule is O=c1[nH]c(-c2cccnc2)nc2c1CN(Cc1c(F)cccc1Cl)CC2. The summed E-state index contributed by atoms with van der Waals surface area (Å²) in [6, 6.07) is 8.31. The van der Waals surface area contributed by atoms with Gasteiger partial charge in [-0.05, 0) is 24.3 Å². The maximum absolute atomic E-state index is 14.0. The number of aromatic nitrogens is 3. The Labute approximate surface area is 154 Å². The number of fused-ring (bicyclic) bond motifs is 1. The van der Waals surface area contributed by atoms with E-state index >= 15 is 0 Å². The smallest absolute Gasteiger partial charge is 0.255 e. The summed E-state index contributed by atoms with van der Waals surface area (Å²) in [7, 11) is 0. The molecule has 0 amide bonds. The first-order valence-corrected chi connectivity index (χ1v) is 8.67. The van der Waals surface area contributed by atoms with Crippen LogP contribution in [0.4, 0.5) is 4.39 Å². The van der Waals surface area contributed by atoms with Crippen molar-refractivity contribution in [2.45, 2.75) is 19.5 Å². The fourth-order valence-corrected chi connectivity index (χ4v) is 3.39. The zero-order chi connectivity index (χ0) is 18.1. The fraction of sp³-hybridized carbons (Fsp3) is 0.211. The molecular weight excluding hydrogens is 355 g/mol. The summed E-state index contributed by atoms with van der Waals surface area (Å²) >= 11 is 6.12. The van der Waals surface area contributed by atoms with Gasteiger partial charge in [-0.1, -0.05) is 17.7 Å². The van der Waals surface area contributed by atoms with Crippen LogP contribution in [0.3, 0.4) is 0 Å². The molecule has 0 saturated heterocycles. The van der Waals surface area contributed by atoms with E-state index in [1.807, 2.05) is 11.0 Å². The highest BCUT2D eigenvalue weighted by molar-refractivity contribution is 6.31. The van der Waals surface area contributed by atoms with Gasteiger partial charge in [0.25, 0.3) is 5.56 Å². The highest BCUT2D eigenvalue weighted by atomic mass is 35.5. The van der Waals surface area contributed by atoms with Crippen molar-refractivity contribution in [1.29, 1.82) is 0 Å². The third-order valence-corrected chi connectivity index (χ3v) is 4.88. The largest absolute Gasteiger partial charge is 0.306 e. The first-order valence-electron chi connectivity index (χ1n) is 8.29. The third-order valence-electron chi connectivity index (χ3n) is 4.53. The molecule has 0 saturated carbocycles. The van der Waals surface area contributed by atoms with Crippen LogP contribution in [0.2, 0.25) is 5.02 Å². The molecule has 0 radical (unpaired) electrons. The van der Waals surface area contributed by atoms with Gasteiger partial charge in [0.2, 0.25) is 0 Å². The van der Waals surface area contributed by atoms with Crippen LogP contribution in [-0.4, -0.2) is 26.4 Å². The van der Waals surface area contributed by atoms with Crippen LogP contribution in [0.25, 0.3) is 11.4 Å². The second kappa shape index (κ2) is 6.97. The first kappa shape index (κ1) is 16.9. The van der Waals surface area contributed by atoms with Crippen LogP contribution in [0, 0.1) is 5.82 Å². The molecule has 3 heterocycles. The predicted octanol–water partition coefficient (Wildman–Crippen LogP) is 3.18. The summed E-state index contributed by atoms with van der Waals surface area (Å²) in [6.07, 6.45) is 3.96. The molecule has 0 unspecified atom stereocenters. The van der Waals surface area contributed by atoms with Gasteiger partial charge in [-0.2, -0.15) is 0 Å². The van der Waals surface area contributed by atoms with Crippen molar-refractivity contribution < 1.29 is 4.39 Å². The monoisotopic (exact) mass is 370 g/mol. The van der Waals surface area contributed by atoms with Gasteiger partial charge in [0, 0.05) is 54.6 Å². The Morgan fingerprint density at radius 2 is 2.15 bits per heavy atom. The van der Waals surface area contributed by atoms with Crippen LogP contribution in [0.5, 0.6) is 0 Å². The van der Waals surface area contributed by atoms with Gasteiger partial charge in [-0.3, -0.25) is 14.7 Å². The Hall–Kier alpha value is -2.57. The third kappa shape index (κ3) is 3.25. The number of benzene rings is 1. The van der Waals surface area contributed by atoms with Crippen molar-refractivity contribution in [1.82, 2.24) is 19.9 Å². The zero-order valence-electron chi connectivity index (χ0n) is 13.9. The van der Waals surface area contributed by atoms with E-state index in [-0.39, 0.29) is 11.4 Å². The maximum Gasteiger partial charge on any atom is 0.255 e. The van der Waals surface area contributed by atoms with E-state index in [0.29, 0.717) is 48.0 Å². The van der Waals surface area contributed by atoms with Crippen molar-refractivity contribution in [3.05, 3.63) is 80.7 Å². The van der Waals surface area contributed by atoms with Gasteiger partial charge in [0.05, 0.1) is 11.3 Å². The number of halogens is 2. The second-order valence-electron chi connectivity index (χ2n) is 6.24. The van der Waals surface area contributed by atoms with Gasteiger partial charge >= 0.3 is 0 Å². The van der Waals surface area contributed by atoms with Crippen LogP contribution in [-0.2, 0) is 19.5 Å². The van der Waals surface area contributed by atoms with Crippen LogP contribution in [0.1, 0.15) is 16.8 Å². The molecule has 132 valence electrons. The van der Waals surface area contributed by atoms with Crippen LogP contribution < -0.4 is 5.56 Å². The van der Waals surface area contributed by atoms with Gasteiger partial charge in [0.15, 0.2) is 0 Å². The molecule has 4 rings (SSSR count). The van der Waals surface area contributed by atoms with Gasteiger partial charge in [-0.25, -0.2) is 9.37 Å². The summed E-state index contributed by atoms with van der Waals surface area (Å²) in [6.45, 7) is 1.45. The lowest BCUT2D eigenvalue weighted by atomic mass is 10.1. The molecule has 0 spiro atoms. The van der Waals surface area contributed by atoms with Crippen molar-refractivity contribution in [3.63, 3.8) is 0 Å². The molecule has 5 nitrogen and oxygen atoms in total. The highest BCUT2D eigenvalue weighted by Gasteiger charge is 2.23. The first-order chi connectivity index (χ1) is 12.6. The molecule has 3 aromatic rings. The highest BCUT2D eigenvalue weighted by Crippen LogP contribution is 2.24. The van der Waals surface area contributed by atoms with E-state index in [9.17, 15) is 9.18 Å². The molecule has 0 atom stereocenters. The Bertz CT molecular complexity index is 986. The number of nitrogens with zero attached hydrogens (tertiary/aromatic N) is 3. The molecule has 1 aromatic carbocycles. The van der Waals surface area contributed by atoms with E-state index in [2.05, 4.69) is 15.0 Å². The van der Waals surface area contributed by atoms with Gasteiger partial charge in [-0.15, -0.1) is 0 Å².